The molecule has 6 rings (SSSR count). The summed E-state index contributed by atoms with van der Waals surface area (Å²) in [4.78, 5) is 37.8. The molecule has 7 nitrogen and oxygen atoms in total. The van der Waals surface area contributed by atoms with Gasteiger partial charge in [0.05, 0.1) is 24.6 Å². The van der Waals surface area contributed by atoms with Gasteiger partial charge in [-0.2, -0.15) is 0 Å². The highest BCUT2D eigenvalue weighted by Crippen LogP contribution is 2.48. The van der Waals surface area contributed by atoms with Gasteiger partial charge >= 0.3 is 0 Å². The molecule has 0 saturated carbocycles. The summed E-state index contributed by atoms with van der Waals surface area (Å²) >= 11 is 7.61. The fraction of sp³-hybridized carbons (Fsp3) is 0.280. The largest absolute Gasteiger partial charge is 0.378 e. The molecule has 0 spiro atoms. The molecule has 0 N–H and O–H groups in total. The molecule has 4 heterocycles. The van der Waals surface area contributed by atoms with Gasteiger partial charge in [-0.15, -0.1) is 11.3 Å². The minimum Gasteiger partial charge on any atom is -0.378 e. The number of nitrogens with zero attached hydrogens (tertiary/aromatic N) is 3. The SMILES string of the molecule is O=C1[C@@H]2[C@@H](c3cccs3)N(c3ccc(Cl)cc3)O[C@H]2C(=O)N1c1ccc(N2CCOCC2)cc1. The van der Waals surface area contributed by atoms with Crippen molar-refractivity contribution in [3.8, 4) is 0 Å². The summed E-state index contributed by atoms with van der Waals surface area (Å²) in [5.41, 5.74) is 2.36. The van der Waals surface area contributed by atoms with Crippen molar-refractivity contribution in [2.75, 3.05) is 41.2 Å². The Hall–Kier alpha value is -2.91. The second-order valence-electron chi connectivity index (χ2n) is 8.44. The van der Waals surface area contributed by atoms with E-state index in [2.05, 4.69) is 4.90 Å². The average Bonchev–Trinajstić information content (AvgIpc) is 3.58. The Bertz CT molecular complexity index is 1200. The first-order valence-electron chi connectivity index (χ1n) is 11.2. The number of halogens is 1. The van der Waals surface area contributed by atoms with Crippen molar-refractivity contribution in [1.82, 2.24) is 0 Å². The summed E-state index contributed by atoms with van der Waals surface area (Å²) < 4.78 is 5.42. The molecule has 3 aliphatic heterocycles. The minimum absolute atomic E-state index is 0.246. The van der Waals surface area contributed by atoms with Crippen LogP contribution in [0.5, 0.6) is 0 Å². The molecule has 9 heteroatoms. The number of thiophene rings is 1. The monoisotopic (exact) mass is 495 g/mol. The number of hydrogen-bond donors (Lipinski definition) is 0. The fourth-order valence-electron chi connectivity index (χ4n) is 4.86. The van der Waals surface area contributed by atoms with Gasteiger partial charge in [-0.3, -0.25) is 14.4 Å². The molecule has 0 aliphatic carbocycles. The van der Waals surface area contributed by atoms with Gasteiger partial charge in [-0.1, -0.05) is 17.7 Å². The van der Waals surface area contributed by atoms with Crippen LogP contribution in [0.3, 0.4) is 0 Å². The number of imide groups is 1. The number of carbonyl (C=O) groups excluding carboxylic acids is 2. The van der Waals surface area contributed by atoms with E-state index in [1.54, 1.807) is 28.5 Å². The number of anilines is 3. The second-order valence-corrected chi connectivity index (χ2v) is 9.86. The number of morpholine rings is 1. The number of rotatable bonds is 4. The maximum Gasteiger partial charge on any atom is 0.266 e. The van der Waals surface area contributed by atoms with E-state index < -0.39 is 18.1 Å². The Labute approximate surface area is 206 Å². The Balaban J connectivity index is 1.31. The van der Waals surface area contributed by atoms with Gasteiger partial charge in [0.25, 0.3) is 5.91 Å². The second kappa shape index (κ2) is 8.70. The zero-order valence-electron chi connectivity index (χ0n) is 18.2. The van der Waals surface area contributed by atoms with E-state index in [1.807, 2.05) is 53.9 Å². The molecule has 0 unspecified atom stereocenters. The third-order valence-electron chi connectivity index (χ3n) is 6.52. The normalized spacial score (nSPS) is 24.7. The van der Waals surface area contributed by atoms with Crippen molar-refractivity contribution in [3.05, 3.63) is 75.9 Å². The molecule has 1 aromatic heterocycles. The highest BCUT2D eigenvalue weighted by molar-refractivity contribution is 7.10. The number of benzene rings is 2. The zero-order valence-corrected chi connectivity index (χ0v) is 19.7. The minimum atomic E-state index is -0.880. The molecule has 0 bridgehead atoms. The predicted molar refractivity (Wildman–Crippen MR) is 131 cm³/mol. The van der Waals surface area contributed by atoms with Crippen LogP contribution in [0.1, 0.15) is 10.9 Å². The van der Waals surface area contributed by atoms with Crippen molar-refractivity contribution >= 4 is 51.8 Å². The highest BCUT2D eigenvalue weighted by Gasteiger charge is 2.60. The predicted octanol–water partition coefficient (Wildman–Crippen LogP) is 4.29. The Morgan fingerprint density at radius 2 is 1.53 bits per heavy atom. The Morgan fingerprint density at radius 3 is 2.21 bits per heavy atom. The van der Waals surface area contributed by atoms with Crippen LogP contribution >= 0.6 is 22.9 Å². The van der Waals surface area contributed by atoms with Gasteiger partial charge in [0, 0.05) is 28.7 Å². The number of fused-ring (bicyclic) bond motifs is 1. The van der Waals surface area contributed by atoms with Gasteiger partial charge in [-0.05, 0) is 60.0 Å². The number of hydrogen-bond acceptors (Lipinski definition) is 7. The van der Waals surface area contributed by atoms with Gasteiger partial charge in [0.15, 0.2) is 6.10 Å². The van der Waals surface area contributed by atoms with Crippen molar-refractivity contribution in [2.24, 2.45) is 5.92 Å². The third-order valence-corrected chi connectivity index (χ3v) is 7.71. The van der Waals surface area contributed by atoms with E-state index in [0.29, 0.717) is 23.9 Å². The van der Waals surface area contributed by atoms with Crippen LogP contribution in [-0.4, -0.2) is 44.2 Å². The fourth-order valence-corrected chi connectivity index (χ4v) is 5.84. The number of ether oxygens (including phenoxy) is 1. The van der Waals surface area contributed by atoms with E-state index in [0.717, 1.165) is 29.3 Å². The molecule has 3 atom stereocenters. The van der Waals surface area contributed by atoms with Crippen LogP contribution in [0.25, 0.3) is 0 Å². The average molecular weight is 496 g/mol. The highest BCUT2D eigenvalue weighted by atomic mass is 35.5. The molecule has 3 fully saturated rings. The van der Waals surface area contributed by atoms with Crippen LogP contribution in [0.4, 0.5) is 17.1 Å². The molecular weight excluding hydrogens is 474 g/mol. The van der Waals surface area contributed by atoms with Gasteiger partial charge < -0.3 is 9.64 Å². The van der Waals surface area contributed by atoms with Gasteiger partial charge in [0.2, 0.25) is 5.91 Å². The Kier molecular flexibility index (Phi) is 5.53. The molecule has 2 amide bonds. The van der Waals surface area contributed by atoms with E-state index in [1.165, 1.54) is 4.90 Å². The number of hydroxylamine groups is 1. The van der Waals surface area contributed by atoms with Gasteiger partial charge in [0.1, 0.15) is 12.0 Å². The third kappa shape index (κ3) is 3.58. The maximum atomic E-state index is 13.7. The van der Waals surface area contributed by atoms with Crippen molar-refractivity contribution in [2.45, 2.75) is 12.1 Å². The first-order chi connectivity index (χ1) is 16.6. The summed E-state index contributed by atoms with van der Waals surface area (Å²) in [6.07, 6.45) is -0.880. The first kappa shape index (κ1) is 21.6. The quantitative estimate of drug-likeness (QED) is 0.503. The van der Waals surface area contributed by atoms with Crippen LogP contribution in [0.2, 0.25) is 5.02 Å². The summed E-state index contributed by atoms with van der Waals surface area (Å²) in [7, 11) is 0. The van der Waals surface area contributed by atoms with Crippen molar-refractivity contribution in [1.29, 1.82) is 0 Å². The lowest BCUT2D eigenvalue weighted by Crippen LogP contribution is -2.37. The molecule has 0 radical (unpaired) electrons. The first-order valence-corrected chi connectivity index (χ1v) is 12.4. The number of amides is 2. The summed E-state index contributed by atoms with van der Waals surface area (Å²) in [6, 6.07) is 18.3. The molecule has 34 heavy (non-hydrogen) atoms. The topological polar surface area (TPSA) is 62.3 Å². The van der Waals surface area contributed by atoms with Crippen molar-refractivity contribution < 1.29 is 19.2 Å². The van der Waals surface area contributed by atoms with Crippen LogP contribution in [0, 0.1) is 5.92 Å². The van der Waals surface area contributed by atoms with E-state index >= 15 is 0 Å². The standard InChI is InChI=1S/C25H22ClN3O4S/c26-16-3-5-19(6-4-16)29-22(20-2-1-15-34-20)21-23(33-29)25(31)28(24(21)30)18-9-7-17(8-10-18)27-11-13-32-14-12-27/h1-10,15,21-23H,11-14H2/t21-,22-,23-/m1/s1. The molecule has 3 aromatic rings. The van der Waals surface area contributed by atoms with E-state index in [4.69, 9.17) is 21.2 Å². The van der Waals surface area contributed by atoms with Crippen LogP contribution < -0.4 is 14.9 Å². The maximum absolute atomic E-state index is 13.7. The lowest BCUT2D eigenvalue weighted by Gasteiger charge is -2.29. The van der Waals surface area contributed by atoms with E-state index in [9.17, 15) is 9.59 Å². The Morgan fingerprint density at radius 1 is 0.853 bits per heavy atom. The number of carbonyl (C=O) groups is 2. The van der Waals surface area contributed by atoms with Crippen LogP contribution in [0.15, 0.2) is 66.0 Å². The lowest BCUT2D eigenvalue weighted by atomic mass is 9.95. The summed E-state index contributed by atoms with van der Waals surface area (Å²) in [6.45, 7) is 3.03. The summed E-state index contributed by atoms with van der Waals surface area (Å²) in [5, 5.41) is 4.26. The molecule has 3 saturated heterocycles. The zero-order chi connectivity index (χ0) is 23.2. The molecule has 2 aromatic carbocycles. The van der Waals surface area contributed by atoms with Gasteiger partial charge in [-0.25, -0.2) is 9.96 Å². The van der Waals surface area contributed by atoms with Crippen molar-refractivity contribution in [3.63, 3.8) is 0 Å². The lowest BCUT2D eigenvalue weighted by molar-refractivity contribution is -0.126. The molecule has 174 valence electrons. The van der Waals surface area contributed by atoms with Crippen LogP contribution in [-0.2, 0) is 19.2 Å². The smallest absolute Gasteiger partial charge is 0.266 e. The molecular formula is C25H22ClN3O4S. The molecule has 3 aliphatic rings. The van der Waals surface area contributed by atoms with E-state index in [-0.39, 0.29) is 11.8 Å². The summed E-state index contributed by atoms with van der Waals surface area (Å²) in [5.74, 6) is -1.23.